The van der Waals surface area contributed by atoms with Gasteiger partial charge in [0.15, 0.2) is 0 Å². The highest BCUT2D eigenvalue weighted by Crippen LogP contribution is 2.27. The van der Waals surface area contributed by atoms with Crippen molar-refractivity contribution in [2.45, 2.75) is 13.2 Å². The van der Waals surface area contributed by atoms with Gasteiger partial charge < -0.3 is 13.9 Å². The van der Waals surface area contributed by atoms with Crippen molar-refractivity contribution in [3.8, 4) is 0 Å². The summed E-state index contributed by atoms with van der Waals surface area (Å²) in [6, 6.07) is 15.4. The number of carbonyl (C=O) groups excluding carboxylic acids is 1. The molecule has 3 aromatic rings. The van der Waals surface area contributed by atoms with Gasteiger partial charge in [0, 0.05) is 5.39 Å². The molecule has 2 aromatic carbocycles. The van der Waals surface area contributed by atoms with Gasteiger partial charge in [0.1, 0.15) is 18.0 Å². The van der Waals surface area contributed by atoms with Crippen molar-refractivity contribution in [3.63, 3.8) is 0 Å². The van der Waals surface area contributed by atoms with E-state index in [9.17, 15) is 4.79 Å². The fourth-order valence-corrected chi connectivity index (χ4v) is 3.07. The number of benzene rings is 2. The van der Waals surface area contributed by atoms with Gasteiger partial charge in [0.2, 0.25) is 0 Å². The number of halogens is 1. The monoisotopic (exact) mass is 422 g/mol. The van der Waals surface area contributed by atoms with E-state index in [1.165, 1.54) is 7.11 Å². The second kappa shape index (κ2) is 7.14. The zero-order chi connectivity index (χ0) is 16.2. The maximum Gasteiger partial charge on any atom is 0.337 e. The summed E-state index contributed by atoms with van der Waals surface area (Å²) in [6.07, 6.45) is 0. The van der Waals surface area contributed by atoms with Crippen LogP contribution in [0.15, 0.2) is 52.9 Å². The molecular formula is C18H15IO4. The maximum absolute atomic E-state index is 11.7. The fourth-order valence-electron chi connectivity index (χ4n) is 2.31. The van der Waals surface area contributed by atoms with Gasteiger partial charge in [-0.3, -0.25) is 0 Å². The number of fused-ring (bicyclic) bond motifs is 1. The molecule has 0 bridgehead atoms. The minimum absolute atomic E-state index is 0.354. The smallest absolute Gasteiger partial charge is 0.337 e. The van der Waals surface area contributed by atoms with Gasteiger partial charge in [-0.2, -0.15) is 0 Å². The predicted molar refractivity (Wildman–Crippen MR) is 95.2 cm³/mol. The average molecular weight is 422 g/mol. The van der Waals surface area contributed by atoms with Crippen LogP contribution >= 0.6 is 22.6 Å². The second-order valence-electron chi connectivity index (χ2n) is 5.06. The molecule has 0 atom stereocenters. The van der Waals surface area contributed by atoms with Crippen molar-refractivity contribution in [1.82, 2.24) is 0 Å². The van der Waals surface area contributed by atoms with Crippen molar-refractivity contribution in [1.29, 1.82) is 0 Å². The lowest BCUT2D eigenvalue weighted by atomic mass is 10.1. The normalized spacial score (nSPS) is 10.9. The van der Waals surface area contributed by atoms with Gasteiger partial charge in [-0.25, -0.2) is 4.79 Å². The summed E-state index contributed by atoms with van der Waals surface area (Å²) in [5.41, 5.74) is 2.39. The third-order valence-electron chi connectivity index (χ3n) is 3.40. The van der Waals surface area contributed by atoms with Crippen molar-refractivity contribution >= 4 is 39.5 Å². The zero-order valence-corrected chi connectivity index (χ0v) is 14.7. The summed E-state index contributed by atoms with van der Waals surface area (Å²) in [7, 11) is 1.37. The Balaban J connectivity index is 1.75. The van der Waals surface area contributed by atoms with E-state index in [4.69, 9.17) is 13.9 Å². The Morgan fingerprint density at radius 3 is 2.65 bits per heavy atom. The van der Waals surface area contributed by atoms with E-state index in [2.05, 4.69) is 22.6 Å². The summed E-state index contributed by atoms with van der Waals surface area (Å²) in [5, 5.41) is 0.871. The molecule has 0 radical (unpaired) electrons. The largest absolute Gasteiger partial charge is 0.465 e. The molecule has 0 aliphatic rings. The highest BCUT2D eigenvalue weighted by atomic mass is 127. The molecule has 4 nitrogen and oxygen atoms in total. The Kier molecular flexibility index (Phi) is 4.97. The van der Waals surface area contributed by atoms with Crippen LogP contribution in [0.4, 0.5) is 0 Å². The number of ether oxygens (including phenoxy) is 2. The Labute approximate surface area is 147 Å². The first-order valence-electron chi connectivity index (χ1n) is 7.09. The molecular weight excluding hydrogens is 407 g/mol. The Morgan fingerprint density at radius 2 is 1.91 bits per heavy atom. The molecule has 118 valence electrons. The number of furan rings is 1. The molecule has 5 heteroatoms. The van der Waals surface area contributed by atoms with Gasteiger partial charge in [-0.05, 0) is 46.4 Å². The van der Waals surface area contributed by atoms with E-state index >= 15 is 0 Å². The standard InChI is InChI=1S/C18H15IO4/c1-21-18(20)14-7-13-8-15(23-17(13)16(19)9-14)11-22-10-12-5-3-2-4-6-12/h2-9H,10-11H2,1H3. The first-order valence-corrected chi connectivity index (χ1v) is 8.17. The molecule has 0 saturated heterocycles. The lowest BCUT2D eigenvalue weighted by molar-refractivity contribution is 0.0601. The van der Waals surface area contributed by atoms with Gasteiger partial charge in [-0.1, -0.05) is 30.3 Å². The van der Waals surface area contributed by atoms with E-state index in [-0.39, 0.29) is 5.97 Å². The topological polar surface area (TPSA) is 48.7 Å². The quantitative estimate of drug-likeness (QED) is 0.448. The van der Waals surface area contributed by atoms with E-state index < -0.39 is 0 Å². The number of carbonyl (C=O) groups is 1. The molecule has 1 aromatic heterocycles. The molecule has 1 heterocycles. The van der Waals surface area contributed by atoms with Crippen LogP contribution in [0.5, 0.6) is 0 Å². The third kappa shape index (κ3) is 3.73. The van der Waals surface area contributed by atoms with Crippen LogP contribution in [0.3, 0.4) is 0 Å². The van der Waals surface area contributed by atoms with Crippen LogP contribution in [-0.4, -0.2) is 13.1 Å². The van der Waals surface area contributed by atoms with Crippen molar-refractivity contribution in [2.75, 3.05) is 7.11 Å². The number of hydrogen-bond acceptors (Lipinski definition) is 4. The zero-order valence-electron chi connectivity index (χ0n) is 12.5. The molecule has 0 saturated carbocycles. The SMILES string of the molecule is COC(=O)c1cc(I)c2oc(COCc3ccccc3)cc2c1. The van der Waals surface area contributed by atoms with Gasteiger partial charge in [0.05, 0.1) is 22.9 Å². The van der Waals surface area contributed by atoms with Crippen LogP contribution in [0.1, 0.15) is 21.7 Å². The molecule has 0 aliphatic carbocycles. The van der Waals surface area contributed by atoms with Crippen LogP contribution in [-0.2, 0) is 22.7 Å². The summed E-state index contributed by atoms with van der Waals surface area (Å²) in [5.74, 6) is 0.378. The number of methoxy groups -OCH3 is 1. The molecule has 0 aliphatic heterocycles. The highest BCUT2D eigenvalue weighted by molar-refractivity contribution is 14.1. The third-order valence-corrected chi connectivity index (χ3v) is 4.20. The molecule has 0 N–H and O–H groups in total. The summed E-state index contributed by atoms with van der Waals surface area (Å²) in [4.78, 5) is 11.7. The summed E-state index contributed by atoms with van der Waals surface area (Å²) >= 11 is 2.15. The van der Waals surface area contributed by atoms with Crippen LogP contribution in [0, 0.1) is 3.57 Å². The molecule has 0 unspecified atom stereocenters. The van der Waals surface area contributed by atoms with E-state index in [0.717, 1.165) is 25.9 Å². The van der Waals surface area contributed by atoms with E-state index in [1.54, 1.807) is 12.1 Å². The van der Waals surface area contributed by atoms with Gasteiger partial charge >= 0.3 is 5.97 Å². The lowest BCUT2D eigenvalue weighted by Crippen LogP contribution is -2.01. The first kappa shape index (κ1) is 16.0. The molecule has 0 spiro atoms. The number of hydrogen-bond donors (Lipinski definition) is 0. The molecule has 0 fully saturated rings. The molecule has 3 rings (SSSR count). The van der Waals surface area contributed by atoms with E-state index in [0.29, 0.717) is 18.8 Å². The number of rotatable bonds is 5. The van der Waals surface area contributed by atoms with Gasteiger partial charge in [-0.15, -0.1) is 0 Å². The Bertz CT molecular complexity index is 824. The maximum atomic E-state index is 11.7. The highest BCUT2D eigenvalue weighted by Gasteiger charge is 2.13. The Morgan fingerprint density at radius 1 is 1.13 bits per heavy atom. The average Bonchev–Trinajstić information content (AvgIpc) is 2.98. The van der Waals surface area contributed by atoms with Crippen molar-refractivity contribution in [3.05, 3.63) is 69.0 Å². The lowest BCUT2D eigenvalue weighted by Gasteiger charge is -2.01. The molecule has 23 heavy (non-hydrogen) atoms. The van der Waals surface area contributed by atoms with Crippen LogP contribution in [0.25, 0.3) is 11.0 Å². The summed E-state index contributed by atoms with van der Waals surface area (Å²) < 4.78 is 17.1. The van der Waals surface area contributed by atoms with Crippen LogP contribution in [0.2, 0.25) is 0 Å². The van der Waals surface area contributed by atoms with Crippen LogP contribution < -0.4 is 0 Å². The Hall–Kier alpha value is -1.86. The first-order chi connectivity index (χ1) is 11.2. The minimum Gasteiger partial charge on any atom is -0.465 e. The van der Waals surface area contributed by atoms with Gasteiger partial charge in [0.25, 0.3) is 0 Å². The minimum atomic E-state index is -0.354. The number of esters is 1. The summed E-state index contributed by atoms with van der Waals surface area (Å²) in [6.45, 7) is 0.912. The second-order valence-corrected chi connectivity index (χ2v) is 6.22. The fraction of sp³-hybridized carbons (Fsp3) is 0.167. The van der Waals surface area contributed by atoms with Crippen molar-refractivity contribution in [2.24, 2.45) is 0 Å². The van der Waals surface area contributed by atoms with Crippen molar-refractivity contribution < 1.29 is 18.7 Å². The predicted octanol–water partition coefficient (Wildman–Crippen LogP) is 4.54. The van der Waals surface area contributed by atoms with E-state index in [1.807, 2.05) is 36.4 Å². The molecule has 0 amide bonds.